The maximum Gasteiger partial charge on any atom is 0.161 e. The van der Waals surface area contributed by atoms with Crippen LogP contribution in [0.25, 0.3) is 17.0 Å². The van der Waals surface area contributed by atoms with Crippen LogP contribution in [0.5, 0.6) is 11.5 Å². The van der Waals surface area contributed by atoms with E-state index in [1.54, 1.807) is 7.11 Å². The second-order valence-corrected chi connectivity index (χ2v) is 7.42. The lowest BCUT2D eigenvalue weighted by Gasteiger charge is -2.20. The van der Waals surface area contributed by atoms with E-state index in [1.807, 2.05) is 24.3 Å². The lowest BCUT2D eigenvalue weighted by molar-refractivity contribution is 0.281. The zero-order chi connectivity index (χ0) is 20.1. The van der Waals surface area contributed by atoms with Gasteiger partial charge in [-0.15, -0.1) is 0 Å². The smallest absolute Gasteiger partial charge is 0.161 e. The molecule has 150 valence electrons. The predicted octanol–water partition coefficient (Wildman–Crippen LogP) is 5.00. The van der Waals surface area contributed by atoms with Gasteiger partial charge in [-0.05, 0) is 42.8 Å². The van der Waals surface area contributed by atoms with Crippen molar-refractivity contribution in [3.05, 3.63) is 78.0 Å². The molecular weight excluding hydrogens is 360 g/mol. The van der Waals surface area contributed by atoms with Gasteiger partial charge in [0, 0.05) is 30.2 Å². The maximum atomic E-state index is 5.98. The number of para-hydroxylation sites is 3. The number of hydrogen-bond donors (Lipinski definition) is 0. The Bertz CT molecular complexity index is 1030. The number of benzene rings is 2. The average Bonchev–Trinajstić information content (AvgIpc) is 3.11. The van der Waals surface area contributed by atoms with Gasteiger partial charge in [-0.3, -0.25) is 0 Å². The molecule has 0 radical (unpaired) electrons. The van der Waals surface area contributed by atoms with Crippen molar-refractivity contribution in [2.75, 3.05) is 33.9 Å². The molecule has 1 aliphatic heterocycles. The summed E-state index contributed by atoms with van der Waals surface area (Å²) in [5.41, 5.74) is 3.89. The Morgan fingerprint density at radius 1 is 1.00 bits per heavy atom. The lowest BCUT2D eigenvalue weighted by Crippen LogP contribution is -2.23. The highest BCUT2D eigenvalue weighted by atomic mass is 16.5. The molecule has 0 atom stereocenters. The summed E-state index contributed by atoms with van der Waals surface area (Å²) in [6, 6.07) is 16.3. The minimum absolute atomic E-state index is 0.583. The van der Waals surface area contributed by atoms with Crippen LogP contribution in [0.4, 0.5) is 0 Å². The summed E-state index contributed by atoms with van der Waals surface area (Å²) in [6.45, 7) is 3.51. The number of rotatable bonds is 7. The van der Waals surface area contributed by atoms with Crippen LogP contribution in [0.1, 0.15) is 12.0 Å². The molecule has 0 bridgehead atoms. The number of allylic oxidation sites excluding steroid dienone is 1. The monoisotopic (exact) mass is 388 g/mol. The first-order valence-corrected chi connectivity index (χ1v) is 10.1. The summed E-state index contributed by atoms with van der Waals surface area (Å²) < 4.78 is 13.6. The van der Waals surface area contributed by atoms with Gasteiger partial charge in [0.15, 0.2) is 11.5 Å². The first-order chi connectivity index (χ1) is 14.2. The molecule has 1 aliphatic rings. The summed E-state index contributed by atoms with van der Waals surface area (Å²) in [5, 5.41) is 1.27. The molecule has 4 nitrogen and oxygen atoms in total. The van der Waals surface area contributed by atoms with Crippen molar-refractivity contribution in [2.24, 2.45) is 0 Å². The fourth-order valence-electron chi connectivity index (χ4n) is 3.72. The fraction of sp³-hybridized carbons (Fsp3) is 0.280. The van der Waals surface area contributed by atoms with E-state index in [2.05, 4.69) is 65.2 Å². The van der Waals surface area contributed by atoms with Crippen molar-refractivity contribution >= 4 is 17.0 Å². The third kappa shape index (κ3) is 4.54. The van der Waals surface area contributed by atoms with Crippen LogP contribution >= 0.6 is 0 Å². The molecule has 0 N–H and O–H groups in total. The van der Waals surface area contributed by atoms with Crippen molar-refractivity contribution in [3.8, 4) is 11.5 Å². The highest BCUT2D eigenvalue weighted by Gasteiger charge is 2.09. The molecular formula is C25H28N2O2. The number of methoxy groups -OCH3 is 1. The van der Waals surface area contributed by atoms with Crippen LogP contribution in [0, 0.1) is 0 Å². The average molecular weight is 389 g/mol. The Balaban J connectivity index is 1.50. The standard InChI is InChI=1S/C25H28N2O2/c1-26-15-13-20(14-16-26)11-12-21-19-27(23-8-4-3-7-22(21)23)17-18-29-25-10-6-5-9-24(25)28-2/h3-13,19H,14-18H2,1-2H3. The van der Waals surface area contributed by atoms with E-state index in [4.69, 9.17) is 9.47 Å². The zero-order valence-electron chi connectivity index (χ0n) is 17.2. The van der Waals surface area contributed by atoms with Crippen molar-refractivity contribution < 1.29 is 9.47 Å². The minimum atomic E-state index is 0.583. The minimum Gasteiger partial charge on any atom is -0.493 e. The fourth-order valence-corrected chi connectivity index (χ4v) is 3.72. The van der Waals surface area contributed by atoms with E-state index in [0.29, 0.717) is 6.61 Å². The maximum absolute atomic E-state index is 5.98. The third-order valence-corrected chi connectivity index (χ3v) is 5.40. The number of fused-ring (bicyclic) bond motifs is 1. The van der Waals surface area contributed by atoms with Gasteiger partial charge < -0.3 is 18.9 Å². The Kier molecular flexibility index (Phi) is 6.01. The summed E-state index contributed by atoms with van der Waals surface area (Å²) in [4.78, 5) is 2.34. The van der Waals surface area contributed by atoms with Crippen LogP contribution in [0.3, 0.4) is 0 Å². The third-order valence-electron chi connectivity index (χ3n) is 5.40. The highest BCUT2D eigenvalue weighted by Crippen LogP contribution is 2.27. The van der Waals surface area contributed by atoms with E-state index < -0.39 is 0 Å². The number of ether oxygens (including phenoxy) is 2. The molecule has 0 spiro atoms. The quantitative estimate of drug-likeness (QED) is 0.570. The molecule has 0 amide bonds. The summed E-state index contributed by atoms with van der Waals surface area (Å²) >= 11 is 0. The molecule has 1 aromatic heterocycles. The molecule has 0 saturated carbocycles. The number of likely N-dealkylation sites (N-methyl/N-ethyl adjacent to an activating group) is 1. The van der Waals surface area contributed by atoms with Gasteiger partial charge in [0.1, 0.15) is 6.61 Å². The molecule has 0 fully saturated rings. The van der Waals surface area contributed by atoms with Crippen molar-refractivity contribution in [1.29, 1.82) is 0 Å². The first-order valence-electron chi connectivity index (χ1n) is 10.1. The lowest BCUT2D eigenvalue weighted by atomic mass is 10.1. The molecule has 3 aromatic rings. The van der Waals surface area contributed by atoms with Gasteiger partial charge in [-0.1, -0.05) is 48.6 Å². The van der Waals surface area contributed by atoms with Gasteiger partial charge in [-0.2, -0.15) is 0 Å². The second kappa shape index (κ2) is 9.01. The molecule has 29 heavy (non-hydrogen) atoms. The van der Waals surface area contributed by atoms with Crippen LogP contribution in [0.15, 0.2) is 72.5 Å². The Labute approximate surface area is 172 Å². The summed E-state index contributed by atoms with van der Waals surface area (Å²) in [7, 11) is 3.83. The topological polar surface area (TPSA) is 26.6 Å². The zero-order valence-corrected chi connectivity index (χ0v) is 17.2. The van der Waals surface area contributed by atoms with Crippen molar-refractivity contribution in [1.82, 2.24) is 9.47 Å². The second-order valence-electron chi connectivity index (χ2n) is 7.42. The first kappa shape index (κ1) is 19.3. The van der Waals surface area contributed by atoms with Gasteiger partial charge >= 0.3 is 0 Å². The van der Waals surface area contributed by atoms with Crippen LogP contribution in [-0.4, -0.2) is 43.3 Å². The largest absolute Gasteiger partial charge is 0.493 e. The predicted molar refractivity (Wildman–Crippen MR) is 120 cm³/mol. The van der Waals surface area contributed by atoms with Crippen molar-refractivity contribution in [3.63, 3.8) is 0 Å². The molecule has 2 heterocycles. The van der Waals surface area contributed by atoms with Crippen LogP contribution in [-0.2, 0) is 6.54 Å². The Morgan fingerprint density at radius 2 is 1.79 bits per heavy atom. The highest BCUT2D eigenvalue weighted by molar-refractivity contribution is 5.89. The SMILES string of the molecule is COc1ccccc1OCCn1cc(C=CC2=CCN(C)CC2)c2ccccc21. The Morgan fingerprint density at radius 3 is 2.59 bits per heavy atom. The van der Waals surface area contributed by atoms with E-state index in [0.717, 1.165) is 37.6 Å². The summed E-state index contributed by atoms with van der Waals surface area (Å²) in [5.74, 6) is 1.54. The van der Waals surface area contributed by atoms with E-state index in [9.17, 15) is 0 Å². The van der Waals surface area contributed by atoms with Crippen molar-refractivity contribution in [2.45, 2.75) is 13.0 Å². The molecule has 4 rings (SSSR count). The van der Waals surface area contributed by atoms with Gasteiger partial charge in [0.2, 0.25) is 0 Å². The number of nitrogens with zero attached hydrogens (tertiary/aromatic N) is 2. The number of aromatic nitrogens is 1. The normalized spacial score (nSPS) is 15.0. The van der Waals surface area contributed by atoms with Gasteiger partial charge in [0.05, 0.1) is 13.7 Å². The molecule has 0 saturated heterocycles. The van der Waals surface area contributed by atoms with Crippen LogP contribution in [0.2, 0.25) is 0 Å². The van der Waals surface area contributed by atoms with E-state index in [1.165, 1.54) is 22.0 Å². The van der Waals surface area contributed by atoms with E-state index >= 15 is 0 Å². The van der Waals surface area contributed by atoms with Gasteiger partial charge in [0.25, 0.3) is 0 Å². The van der Waals surface area contributed by atoms with Crippen LogP contribution < -0.4 is 9.47 Å². The number of hydrogen-bond acceptors (Lipinski definition) is 3. The molecule has 4 heteroatoms. The molecule has 0 unspecified atom stereocenters. The van der Waals surface area contributed by atoms with Gasteiger partial charge in [-0.25, -0.2) is 0 Å². The molecule has 2 aromatic carbocycles. The van der Waals surface area contributed by atoms with E-state index in [-0.39, 0.29) is 0 Å². The summed E-state index contributed by atoms with van der Waals surface area (Å²) in [6.07, 6.45) is 10.2. The Hall–Kier alpha value is -2.98. The molecule has 0 aliphatic carbocycles.